The number of carbonyl (C=O) groups is 2. The Labute approximate surface area is 292 Å². The summed E-state index contributed by atoms with van der Waals surface area (Å²) in [6.07, 6.45) is 32.6. The van der Waals surface area contributed by atoms with Crippen molar-refractivity contribution in [2.24, 2.45) is 5.73 Å². The molecule has 0 rings (SSSR count). The van der Waals surface area contributed by atoms with Gasteiger partial charge in [-0.3, -0.25) is 18.6 Å². The number of ether oxygens (including phenoxy) is 2. The van der Waals surface area contributed by atoms with Crippen LogP contribution < -0.4 is 5.73 Å². The molecule has 0 radical (unpaired) electrons. The van der Waals surface area contributed by atoms with Gasteiger partial charge in [-0.2, -0.15) is 0 Å². The van der Waals surface area contributed by atoms with E-state index in [0.717, 1.165) is 51.4 Å². The van der Waals surface area contributed by atoms with Crippen molar-refractivity contribution in [3.05, 3.63) is 12.2 Å². The van der Waals surface area contributed by atoms with Crippen LogP contribution in [0.2, 0.25) is 0 Å². The van der Waals surface area contributed by atoms with Gasteiger partial charge >= 0.3 is 19.8 Å². The summed E-state index contributed by atoms with van der Waals surface area (Å²) in [5.74, 6) is -1.78. The molecule has 48 heavy (non-hydrogen) atoms. The van der Waals surface area contributed by atoms with E-state index in [-0.39, 0.29) is 13.0 Å². The van der Waals surface area contributed by atoms with Gasteiger partial charge in [0.1, 0.15) is 12.1 Å². The first-order valence-electron chi connectivity index (χ1n) is 19.2. The topological polar surface area (TPSA) is 155 Å². The fourth-order valence-electron chi connectivity index (χ4n) is 5.25. The summed E-state index contributed by atoms with van der Waals surface area (Å²) >= 11 is 0. The summed E-state index contributed by atoms with van der Waals surface area (Å²) in [7, 11) is -4.60. The number of allylic oxidation sites excluding steroid dienone is 2. The number of hydrogen-bond acceptors (Lipinski definition) is 8. The highest BCUT2D eigenvalue weighted by Crippen LogP contribution is 2.43. The third-order valence-corrected chi connectivity index (χ3v) is 9.23. The summed E-state index contributed by atoms with van der Waals surface area (Å²) in [5, 5.41) is 8.86. The van der Waals surface area contributed by atoms with E-state index >= 15 is 0 Å². The number of carbonyl (C=O) groups excluding carboxylic acids is 1. The molecule has 0 fully saturated rings. The molecule has 284 valence electrons. The van der Waals surface area contributed by atoms with Crippen molar-refractivity contribution in [1.82, 2.24) is 0 Å². The van der Waals surface area contributed by atoms with Crippen LogP contribution in [-0.2, 0) is 32.7 Å². The van der Waals surface area contributed by atoms with E-state index in [4.69, 9.17) is 24.8 Å². The number of carboxylic acids is 1. The van der Waals surface area contributed by atoms with E-state index in [1.165, 1.54) is 103 Å². The average Bonchev–Trinajstić information content (AvgIpc) is 3.06. The van der Waals surface area contributed by atoms with Crippen LogP contribution in [0.3, 0.4) is 0 Å². The molecule has 0 aliphatic rings. The third kappa shape index (κ3) is 33.2. The molecule has 0 aliphatic carbocycles. The number of nitrogens with two attached hydrogens (primary N) is 1. The molecular formula is C37H72NO9P. The molecule has 0 aliphatic heterocycles. The smallest absolute Gasteiger partial charge is 0.472 e. The van der Waals surface area contributed by atoms with Crippen LogP contribution in [0.25, 0.3) is 0 Å². The quantitative estimate of drug-likeness (QED) is 0.0246. The molecule has 11 heteroatoms. The van der Waals surface area contributed by atoms with Gasteiger partial charge in [0.2, 0.25) is 0 Å². The van der Waals surface area contributed by atoms with Crippen molar-refractivity contribution in [3.63, 3.8) is 0 Å². The third-order valence-electron chi connectivity index (χ3n) is 8.28. The summed E-state index contributed by atoms with van der Waals surface area (Å²) in [5.41, 5.74) is 5.33. The van der Waals surface area contributed by atoms with Crippen molar-refractivity contribution >= 4 is 19.8 Å². The number of carboxylic acid groups (broad SMARTS) is 1. The largest absolute Gasteiger partial charge is 0.480 e. The van der Waals surface area contributed by atoms with Gasteiger partial charge in [-0.05, 0) is 32.1 Å². The molecule has 3 atom stereocenters. The van der Waals surface area contributed by atoms with Gasteiger partial charge in [-0.25, -0.2) is 4.57 Å². The van der Waals surface area contributed by atoms with E-state index in [2.05, 4.69) is 30.5 Å². The Bertz CT molecular complexity index is 827. The molecule has 0 aromatic rings. The van der Waals surface area contributed by atoms with E-state index in [9.17, 15) is 19.0 Å². The van der Waals surface area contributed by atoms with Crippen molar-refractivity contribution < 1.29 is 42.7 Å². The number of phosphoric acid groups is 1. The van der Waals surface area contributed by atoms with Crippen LogP contribution in [0.15, 0.2) is 12.2 Å². The maximum Gasteiger partial charge on any atom is 0.472 e. The first-order chi connectivity index (χ1) is 23.2. The van der Waals surface area contributed by atoms with E-state index in [1.54, 1.807) is 0 Å². The molecular weight excluding hydrogens is 633 g/mol. The van der Waals surface area contributed by atoms with Gasteiger partial charge in [0, 0.05) is 13.0 Å². The van der Waals surface area contributed by atoms with E-state index in [1.807, 2.05) is 0 Å². The summed E-state index contributed by atoms with van der Waals surface area (Å²) in [4.78, 5) is 33.4. The van der Waals surface area contributed by atoms with Crippen LogP contribution in [0.1, 0.15) is 174 Å². The first kappa shape index (κ1) is 46.7. The van der Waals surface area contributed by atoms with Crippen LogP contribution in [-0.4, -0.2) is 60.5 Å². The highest BCUT2D eigenvalue weighted by atomic mass is 31.2. The molecule has 0 bridgehead atoms. The SMILES string of the molecule is CCC/C=C\CCCCCCCCOCC(COP(=O)(O)OCC(N)C(=O)O)OC(=O)CCCCCCCCCCCCCCCCC. The monoisotopic (exact) mass is 705 g/mol. The molecule has 10 nitrogen and oxygen atoms in total. The van der Waals surface area contributed by atoms with Crippen LogP contribution >= 0.6 is 7.82 Å². The Balaban J connectivity index is 4.27. The average molecular weight is 706 g/mol. The zero-order valence-electron chi connectivity index (χ0n) is 30.6. The molecule has 3 unspecified atom stereocenters. The first-order valence-corrected chi connectivity index (χ1v) is 20.7. The van der Waals surface area contributed by atoms with Crippen LogP contribution in [0.4, 0.5) is 0 Å². The van der Waals surface area contributed by atoms with Gasteiger partial charge in [0.15, 0.2) is 0 Å². The molecule has 0 saturated heterocycles. The predicted octanol–water partition coefficient (Wildman–Crippen LogP) is 9.81. The summed E-state index contributed by atoms with van der Waals surface area (Å²) < 4.78 is 33.2. The van der Waals surface area contributed by atoms with Gasteiger partial charge in [-0.15, -0.1) is 0 Å². The van der Waals surface area contributed by atoms with Crippen molar-refractivity contribution in [2.45, 2.75) is 187 Å². The molecule has 0 heterocycles. The number of unbranched alkanes of at least 4 members (excludes halogenated alkanes) is 21. The standard InChI is InChI=1S/C37H72NO9P/c1-3-5-7-9-11-13-15-16-17-18-19-21-23-25-27-29-36(39)47-34(32-45-48(42,43)46-33-35(38)37(40)41)31-44-30-28-26-24-22-20-14-12-10-8-6-4-2/h8,10,34-35H,3-7,9,11-33,38H2,1-2H3,(H,40,41)(H,42,43)/b10-8-. The van der Waals surface area contributed by atoms with Crippen molar-refractivity contribution in [1.29, 1.82) is 0 Å². The Hall–Kier alpha value is -1.29. The highest BCUT2D eigenvalue weighted by Gasteiger charge is 2.27. The lowest BCUT2D eigenvalue weighted by Crippen LogP contribution is -2.34. The maximum atomic E-state index is 12.6. The number of phosphoric ester groups is 1. The number of hydrogen-bond donors (Lipinski definition) is 3. The highest BCUT2D eigenvalue weighted by molar-refractivity contribution is 7.47. The summed E-state index contributed by atoms with van der Waals surface area (Å²) in [6.45, 7) is 3.82. The van der Waals surface area contributed by atoms with Crippen LogP contribution in [0.5, 0.6) is 0 Å². The second-order valence-electron chi connectivity index (χ2n) is 13.1. The lowest BCUT2D eigenvalue weighted by Gasteiger charge is -2.20. The maximum absolute atomic E-state index is 12.6. The minimum absolute atomic E-state index is 0.0172. The Morgan fingerprint density at radius 3 is 1.67 bits per heavy atom. The zero-order valence-corrected chi connectivity index (χ0v) is 31.5. The summed E-state index contributed by atoms with van der Waals surface area (Å²) in [6, 6.07) is -1.47. The number of aliphatic carboxylic acids is 1. The molecule has 0 spiro atoms. The van der Waals surface area contributed by atoms with Gasteiger partial charge in [-0.1, -0.05) is 148 Å². The van der Waals surface area contributed by atoms with Crippen LogP contribution in [0, 0.1) is 0 Å². The Morgan fingerprint density at radius 1 is 0.646 bits per heavy atom. The van der Waals surface area contributed by atoms with E-state index in [0.29, 0.717) is 6.61 Å². The second kappa shape index (κ2) is 34.2. The normalized spacial score (nSPS) is 14.2. The number of esters is 1. The second-order valence-corrected chi connectivity index (χ2v) is 14.5. The predicted molar refractivity (Wildman–Crippen MR) is 194 cm³/mol. The molecule has 0 amide bonds. The molecule has 0 aromatic heterocycles. The van der Waals surface area contributed by atoms with Gasteiger partial charge in [0.05, 0.1) is 19.8 Å². The zero-order chi connectivity index (χ0) is 35.6. The minimum Gasteiger partial charge on any atom is -0.480 e. The fraction of sp³-hybridized carbons (Fsp3) is 0.892. The number of rotatable bonds is 37. The minimum atomic E-state index is -4.60. The lowest BCUT2D eigenvalue weighted by atomic mass is 10.0. The van der Waals surface area contributed by atoms with Gasteiger partial charge in [0.25, 0.3) is 0 Å². The van der Waals surface area contributed by atoms with Gasteiger partial charge < -0.3 is 25.2 Å². The van der Waals surface area contributed by atoms with Crippen molar-refractivity contribution in [2.75, 3.05) is 26.4 Å². The Kier molecular flexibility index (Phi) is 33.3. The molecule has 0 aromatic carbocycles. The lowest BCUT2D eigenvalue weighted by molar-refractivity contribution is -0.154. The van der Waals surface area contributed by atoms with Crippen molar-refractivity contribution in [3.8, 4) is 0 Å². The molecule has 4 N–H and O–H groups in total. The fourth-order valence-corrected chi connectivity index (χ4v) is 6.03. The Morgan fingerprint density at radius 2 is 1.12 bits per heavy atom. The van der Waals surface area contributed by atoms with E-state index < -0.39 is 45.1 Å². The molecule has 0 saturated carbocycles.